The predicted molar refractivity (Wildman–Crippen MR) is 77.7 cm³/mol. The van der Waals surface area contributed by atoms with Crippen LogP contribution in [-0.4, -0.2) is 15.9 Å². The Hall–Kier alpha value is -2.27. The van der Waals surface area contributed by atoms with Gasteiger partial charge in [-0.2, -0.15) is 0 Å². The van der Waals surface area contributed by atoms with E-state index in [-0.39, 0.29) is 5.91 Å². The zero-order chi connectivity index (χ0) is 13.7. The molecule has 19 heavy (non-hydrogen) atoms. The molecule has 0 spiro atoms. The second-order valence-electron chi connectivity index (χ2n) is 3.98. The van der Waals surface area contributed by atoms with Gasteiger partial charge >= 0.3 is 0 Å². The van der Waals surface area contributed by atoms with E-state index in [1.54, 1.807) is 24.5 Å². The molecule has 3 N–H and O–H groups in total. The molecule has 1 heterocycles. The van der Waals surface area contributed by atoms with Gasteiger partial charge in [-0.25, -0.2) is 0 Å². The van der Waals surface area contributed by atoms with Crippen molar-refractivity contribution in [3.8, 4) is 0 Å². The molecule has 0 radical (unpaired) electrons. The summed E-state index contributed by atoms with van der Waals surface area (Å²) in [5, 5.41) is 2.83. The van der Waals surface area contributed by atoms with Crippen molar-refractivity contribution in [3.63, 3.8) is 0 Å². The fourth-order valence-corrected chi connectivity index (χ4v) is 1.75. The molecule has 0 saturated heterocycles. The molecule has 1 aromatic carbocycles. The van der Waals surface area contributed by atoms with Crippen LogP contribution < -0.4 is 11.1 Å². The Balaban J connectivity index is 2.01. The molecule has 0 bridgehead atoms. The summed E-state index contributed by atoms with van der Waals surface area (Å²) < 4.78 is 0. The maximum Gasteiger partial charge on any atom is 0.251 e. The molecule has 0 unspecified atom stereocenters. The van der Waals surface area contributed by atoms with E-state index < -0.39 is 0 Å². The van der Waals surface area contributed by atoms with Gasteiger partial charge in [0.2, 0.25) is 0 Å². The standard InChI is InChI=1S/C14H13N3OS/c15-13(19)12-3-1-2-10(8-12)9-17-14(18)11-4-6-16-7-5-11/h1-8H,9H2,(H2,15,19)(H,17,18). The van der Waals surface area contributed by atoms with E-state index in [1.165, 1.54) is 0 Å². The molecule has 2 rings (SSSR count). The van der Waals surface area contributed by atoms with Gasteiger partial charge in [0.15, 0.2) is 0 Å². The molecule has 0 saturated carbocycles. The van der Waals surface area contributed by atoms with Gasteiger partial charge in [-0.1, -0.05) is 30.4 Å². The predicted octanol–water partition coefficient (Wildman–Crippen LogP) is 1.65. The lowest BCUT2D eigenvalue weighted by Crippen LogP contribution is -2.23. The third-order valence-electron chi connectivity index (χ3n) is 2.61. The minimum absolute atomic E-state index is 0.136. The molecule has 0 fully saturated rings. The number of benzene rings is 1. The van der Waals surface area contributed by atoms with Gasteiger partial charge < -0.3 is 11.1 Å². The number of hydrogen-bond donors (Lipinski definition) is 2. The monoisotopic (exact) mass is 271 g/mol. The molecule has 1 amide bonds. The van der Waals surface area contributed by atoms with Crippen LogP contribution >= 0.6 is 12.2 Å². The molecule has 0 aliphatic heterocycles. The number of amides is 1. The fourth-order valence-electron chi connectivity index (χ4n) is 1.62. The maximum atomic E-state index is 11.8. The molecular weight excluding hydrogens is 258 g/mol. The molecule has 1 aromatic heterocycles. The first-order chi connectivity index (χ1) is 9.16. The van der Waals surface area contributed by atoms with Crippen molar-refractivity contribution < 1.29 is 4.79 Å². The molecule has 0 aliphatic carbocycles. The number of nitrogens with zero attached hydrogens (tertiary/aromatic N) is 1. The summed E-state index contributed by atoms with van der Waals surface area (Å²) in [5.74, 6) is -0.136. The summed E-state index contributed by atoms with van der Waals surface area (Å²) in [6.07, 6.45) is 3.17. The lowest BCUT2D eigenvalue weighted by atomic mass is 10.1. The summed E-state index contributed by atoms with van der Waals surface area (Å²) >= 11 is 4.92. The number of carbonyl (C=O) groups is 1. The molecule has 5 heteroatoms. The van der Waals surface area contributed by atoms with Crippen LogP contribution in [0.5, 0.6) is 0 Å². The Kier molecular flexibility index (Phi) is 4.20. The van der Waals surface area contributed by atoms with E-state index in [9.17, 15) is 4.79 Å². The van der Waals surface area contributed by atoms with Gasteiger partial charge in [-0.15, -0.1) is 0 Å². The highest BCUT2D eigenvalue weighted by Gasteiger charge is 2.04. The highest BCUT2D eigenvalue weighted by atomic mass is 32.1. The Bertz CT molecular complexity index is 599. The molecule has 0 atom stereocenters. The van der Waals surface area contributed by atoms with Crippen molar-refractivity contribution in [2.24, 2.45) is 5.73 Å². The third-order valence-corrected chi connectivity index (χ3v) is 2.84. The van der Waals surface area contributed by atoms with Crippen molar-refractivity contribution in [2.45, 2.75) is 6.54 Å². The van der Waals surface area contributed by atoms with Crippen LogP contribution in [0.25, 0.3) is 0 Å². The van der Waals surface area contributed by atoms with E-state index in [1.807, 2.05) is 24.3 Å². The van der Waals surface area contributed by atoms with Crippen LogP contribution in [0.1, 0.15) is 21.5 Å². The second-order valence-corrected chi connectivity index (χ2v) is 4.42. The van der Waals surface area contributed by atoms with Crippen LogP contribution in [-0.2, 0) is 6.54 Å². The largest absolute Gasteiger partial charge is 0.389 e. The molecule has 4 nitrogen and oxygen atoms in total. The zero-order valence-corrected chi connectivity index (χ0v) is 11.0. The quantitative estimate of drug-likeness (QED) is 0.830. The Morgan fingerprint density at radius 3 is 2.63 bits per heavy atom. The Morgan fingerprint density at radius 1 is 1.21 bits per heavy atom. The van der Waals surface area contributed by atoms with Gasteiger partial charge in [-0.3, -0.25) is 9.78 Å². The van der Waals surface area contributed by atoms with E-state index in [2.05, 4.69) is 10.3 Å². The van der Waals surface area contributed by atoms with Crippen LogP contribution in [0.3, 0.4) is 0 Å². The van der Waals surface area contributed by atoms with Crippen LogP contribution in [0, 0.1) is 0 Å². The Labute approximate surface area is 116 Å². The maximum absolute atomic E-state index is 11.8. The highest BCUT2D eigenvalue weighted by Crippen LogP contribution is 2.05. The first kappa shape index (κ1) is 13.2. The van der Waals surface area contributed by atoms with Crippen LogP contribution in [0.15, 0.2) is 48.8 Å². The molecule has 0 aliphatic rings. The van der Waals surface area contributed by atoms with E-state index in [4.69, 9.17) is 18.0 Å². The number of rotatable bonds is 4. The summed E-state index contributed by atoms with van der Waals surface area (Å²) in [6, 6.07) is 10.8. The number of pyridine rings is 1. The van der Waals surface area contributed by atoms with E-state index in [0.29, 0.717) is 17.1 Å². The van der Waals surface area contributed by atoms with Gasteiger partial charge in [0, 0.05) is 30.1 Å². The number of carbonyl (C=O) groups excluding carboxylic acids is 1. The first-order valence-electron chi connectivity index (χ1n) is 5.74. The minimum Gasteiger partial charge on any atom is -0.389 e. The van der Waals surface area contributed by atoms with Crippen molar-refractivity contribution in [3.05, 3.63) is 65.5 Å². The van der Waals surface area contributed by atoms with Crippen molar-refractivity contribution in [1.29, 1.82) is 0 Å². The summed E-state index contributed by atoms with van der Waals surface area (Å²) in [6.45, 7) is 0.428. The van der Waals surface area contributed by atoms with Crippen molar-refractivity contribution in [2.75, 3.05) is 0 Å². The SMILES string of the molecule is NC(=S)c1cccc(CNC(=O)c2ccncc2)c1. The van der Waals surface area contributed by atoms with Gasteiger partial charge in [0.1, 0.15) is 4.99 Å². The van der Waals surface area contributed by atoms with Crippen molar-refractivity contribution >= 4 is 23.1 Å². The molecular formula is C14H13N3OS. The van der Waals surface area contributed by atoms with Crippen LogP contribution in [0.2, 0.25) is 0 Å². The zero-order valence-electron chi connectivity index (χ0n) is 10.2. The van der Waals surface area contributed by atoms with Gasteiger partial charge in [-0.05, 0) is 23.8 Å². The number of thiocarbonyl (C=S) groups is 1. The van der Waals surface area contributed by atoms with Crippen LogP contribution in [0.4, 0.5) is 0 Å². The topological polar surface area (TPSA) is 68.0 Å². The summed E-state index contributed by atoms with van der Waals surface area (Å²) in [5.41, 5.74) is 7.90. The lowest BCUT2D eigenvalue weighted by Gasteiger charge is -2.06. The Morgan fingerprint density at radius 2 is 1.95 bits per heavy atom. The van der Waals surface area contributed by atoms with E-state index in [0.717, 1.165) is 11.1 Å². The van der Waals surface area contributed by atoms with Gasteiger partial charge in [0.05, 0.1) is 0 Å². The fraction of sp³-hybridized carbons (Fsp3) is 0.0714. The summed E-state index contributed by atoms with van der Waals surface area (Å²) in [4.78, 5) is 16.1. The number of hydrogen-bond acceptors (Lipinski definition) is 3. The van der Waals surface area contributed by atoms with E-state index >= 15 is 0 Å². The lowest BCUT2D eigenvalue weighted by molar-refractivity contribution is 0.0951. The third kappa shape index (κ3) is 3.59. The molecule has 96 valence electrons. The number of nitrogens with two attached hydrogens (primary N) is 1. The number of aromatic nitrogens is 1. The second kappa shape index (κ2) is 6.06. The number of nitrogens with one attached hydrogen (secondary N) is 1. The average Bonchev–Trinajstić information content (AvgIpc) is 2.46. The first-order valence-corrected chi connectivity index (χ1v) is 6.14. The summed E-state index contributed by atoms with van der Waals surface area (Å²) in [7, 11) is 0. The smallest absolute Gasteiger partial charge is 0.251 e. The average molecular weight is 271 g/mol. The normalized spacial score (nSPS) is 9.89. The molecule has 2 aromatic rings. The highest BCUT2D eigenvalue weighted by molar-refractivity contribution is 7.80. The minimum atomic E-state index is -0.136. The van der Waals surface area contributed by atoms with Gasteiger partial charge in [0.25, 0.3) is 5.91 Å². The van der Waals surface area contributed by atoms with Crippen molar-refractivity contribution in [1.82, 2.24) is 10.3 Å².